The molecule has 0 aliphatic carbocycles. The zero-order valence-electron chi connectivity index (χ0n) is 18.7. The van der Waals surface area contributed by atoms with Gasteiger partial charge < -0.3 is 9.15 Å². The van der Waals surface area contributed by atoms with E-state index in [0.29, 0.717) is 44.4 Å². The van der Waals surface area contributed by atoms with Crippen LogP contribution in [0.15, 0.2) is 67.3 Å². The standard InChI is InChI=1S/C25H21BrClN3O4/c1-4-14(2)23-29-21-9-6-16(26)12-19(21)24(31)30(23)28-13-17-7-10-22(34-17)18-11-15(25(32)33-3)5-8-20(18)27/h5-14H,4H2,1-3H3/t14-/m0/s1. The monoisotopic (exact) mass is 541 g/mol. The third kappa shape index (κ3) is 4.69. The largest absolute Gasteiger partial charge is 0.465 e. The topological polar surface area (TPSA) is 86.7 Å². The molecule has 0 unspecified atom stereocenters. The number of benzene rings is 2. The van der Waals surface area contributed by atoms with Crippen molar-refractivity contribution in [2.45, 2.75) is 26.2 Å². The van der Waals surface area contributed by atoms with Crippen LogP contribution >= 0.6 is 27.5 Å². The number of halogens is 2. The van der Waals surface area contributed by atoms with Crippen LogP contribution in [0.5, 0.6) is 0 Å². The Morgan fingerprint density at radius 2 is 2.06 bits per heavy atom. The fourth-order valence-corrected chi connectivity index (χ4v) is 3.99. The van der Waals surface area contributed by atoms with E-state index in [9.17, 15) is 9.59 Å². The minimum Gasteiger partial charge on any atom is -0.465 e. The molecule has 0 saturated heterocycles. The summed E-state index contributed by atoms with van der Waals surface area (Å²) in [5, 5.41) is 5.30. The molecule has 0 radical (unpaired) electrons. The van der Waals surface area contributed by atoms with Crippen molar-refractivity contribution in [3.63, 3.8) is 0 Å². The predicted molar refractivity (Wildman–Crippen MR) is 136 cm³/mol. The van der Waals surface area contributed by atoms with E-state index < -0.39 is 5.97 Å². The first-order valence-corrected chi connectivity index (χ1v) is 11.7. The number of fused-ring (bicyclic) bond motifs is 1. The normalized spacial score (nSPS) is 12.4. The third-order valence-electron chi connectivity index (χ3n) is 5.47. The van der Waals surface area contributed by atoms with Crippen LogP contribution in [0, 0.1) is 0 Å². The summed E-state index contributed by atoms with van der Waals surface area (Å²) < 4.78 is 12.8. The Balaban J connectivity index is 1.75. The van der Waals surface area contributed by atoms with Gasteiger partial charge in [-0.2, -0.15) is 9.78 Å². The van der Waals surface area contributed by atoms with E-state index in [1.54, 1.807) is 36.4 Å². The molecule has 0 spiro atoms. The van der Waals surface area contributed by atoms with Crippen LogP contribution in [0.1, 0.15) is 48.1 Å². The highest BCUT2D eigenvalue weighted by atomic mass is 79.9. The van der Waals surface area contributed by atoms with Gasteiger partial charge in [0.1, 0.15) is 17.3 Å². The van der Waals surface area contributed by atoms with Crippen LogP contribution in [0.3, 0.4) is 0 Å². The summed E-state index contributed by atoms with van der Waals surface area (Å²) in [5.74, 6) is 0.973. The van der Waals surface area contributed by atoms with Gasteiger partial charge in [0.25, 0.3) is 5.56 Å². The Bertz CT molecular complexity index is 1480. The third-order valence-corrected chi connectivity index (χ3v) is 6.29. The molecule has 0 N–H and O–H groups in total. The van der Waals surface area contributed by atoms with Gasteiger partial charge in [-0.1, -0.05) is 41.4 Å². The predicted octanol–water partition coefficient (Wildman–Crippen LogP) is 6.25. The SMILES string of the molecule is CC[C@H](C)c1nc2ccc(Br)cc2c(=O)n1N=Cc1ccc(-c2cc(C(=O)OC)ccc2Cl)o1. The maximum atomic E-state index is 13.2. The molecule has 0 aliphatic heterocycles. The van der Waals surface area contributed by atoms with Crippen LogP contribution in [0.25, 0.3) is 22.2 Å². The first kappa shape index (κ1) is 23.9. The fourth-order valence-electron chi connectivity index (χ4n) is 3.42. The maximum Gasteiger partial charge on any atom is 0.337 e. The molecule has 174 valence electrons. The Morgan fingerprint density at radius 1 is 1.26 bits per heavy atom. The molecule has 0 amide bonds. The number of hydrogen-bond donors (Lipinski definition) is 0. The van der Waals surface area contributed by atoms with E-state index in [1.165, 1.54) is 18.0 Å². The fraction of sp³-hybridized carbons (Fsp3) is 0.200. The minimum atomic E-state index is -0.473. The minimum absolute atomic E-state index is 0.0185. The van der Waals surface area contributed by atoms with Gasteiger partial charge in [-0.05, 0) is 55.0 Å². The second-order valence-corrected chi connectivity index (χ2v) is 9.01. The zero-order chi connectivity index (χ0) is 24.4. The maximum absolute atomic E-state index is 13.2. The molecular weight excluding hydrogens is 522 g/mol. The van der Waals surface area contributed by atoms with Crippen molar-refractivity contribution in [2.75, 3.05) is 7.11 Å². The lowest BCUT2D eigenvalue weighted by atomic mass is 10.1. The lowest BCUT2D eigenvalue weighted by molar-refractivity contribution is 0.0601. The van der Waals surface area contributed by atoms with Gasteiger partial charge in [0.2, 0.25) is 0 Å². The van der Waals surface area contributed by atoms with E-state index in [-0.39, 0.29) is 11.5 Å². The van der Waals surface area contributed by atoms with E-state index in [4.69, 9.17) is 25.7 Å². The Hall–Kier alpha value is -3.23. The lowest BCUT2D eigenvalue weighted by Gasteiger charge is -2.13. The summed E-state index contributed by atoms with van der Waals surface area (Å²) in [4.78, 5) is 29.8. The molecule has 7 nitrogen and oxygen atoms in total. The van der Waals surface area contributed by atoms with Gasteiger partial charge in [-0.25, -0.2) is 9.78 Å². The summed E-state index contributed by atoms with van der Waals surface area (Å²) in [7, 11) is 1.31. The van der Waals surface area contributed by atoms with Crippen LogP contribution in [0.2, 0.25) is 5.02 Å². The van der Waals surface area contributed by atoms with Crippen molar-refractivity contribution < 1.29 is 13.9 Å². The highest BCUT2D eigenvalue weighted by Gasteiger charge is 2.16. The van der Waals surface area contributed by atoms with Crippen molar-refractivity contribution >= 4 is 50.6 Å². The molecule has 0 saturated carbocycles. The Morgan fingerprint density at radius 3 is 2.79 bits per heavy atom. The van der Waals surface area contributed by atoms with Crippen molar-refractivity contribution in [3.8, 4) is 11.3 Å². The first-order chi connectivity index (χ1) is 16.3. The van der Waals surface area contributed by atoms with Crippen molar-refractivity contribution in [1.82, 2.24) is 9.66 Å². The van der Waals surface area contributed by atoms with Crippen molar-refractivity contribution in [3.05, 3.63) is 85.5 Å². The van der Waals surface area contributed by atoms with Gasteiger partial charge in [0, 0.05) is 16.0 Å². The second-order valence-electron chi connectivity index (χ2n) is 7.69. The molecule has 4 aromatic rings. The number of carbonyl (C=O) groups is 1. The molecule has 0 fully saturated rings. The molecule has 2 heterocycles. The molecule has 4 rings (SSSR count). The van der Waals surface area contributed by atoms with E-state index >= 15 is 0 Å². The molecule has 0 bridgehead atoms. The van der Waals surface area contributed by atoms with Crippen LogP contribution in [-0.4, -0.2) is 29.0 Å². The number of nitrogens with zero attached hydrogens (tertiary/aromatic N) is 3. The average Bonchev–Trinajstić information content (AvgIpc) is 3.31. The van der Waals surface area contributed by atoms with Gasteiger partial charge in [0.05, 0.1) is 34.8 Å². The summed E-state index contributed by atoms with van der Waals surface area (Å²) in [5.41, 5.74) is 1.25. The molecule has 2 aromatic heterocycles. The van der Waals surface area contributed by atoms with Crippen LogP contribution in [-0.2, 0) is 4.74 Å². The van der Waals surface area contributed by atoms with Gasteiger partial charge in [0.15, 0.2) is 0 Å². The molecular formula is C25H21BrClN3O4. The summed E-state index contributed by atoms with van der Waals surface area (Å²) in [6, 6.07) is 13.6. The number of ether oxygens (including phenoxy) is 1. The number of aromatic nitrogens is 2. The molecule has 0 aliphatic rings. The number of carbonyl (C=O) groups excluding carboxylic acids is 1. The first-order valence-electron chi connectivity index (χ1n) is 10.6. The summed E-state index contributed by atoms with van der Waals surface area (Å²) in [6.07, 6.45) is 2.25. The number of methoxy groups -OCH3 is 1. The molecule has 34 heavy (non-hydrogen) atoms. The average molecular weight is 543 g/mol. The highest BCUT2D eigenvalue weighted by molar-refractivity contribution is 9.10. The van der Waals surface area contributed by atoms with E-state index in [1.807, 2.05) is 26.0 Å². The highest BCUT2D eigenvalue weighted by Crippen LogP contribution is 2.30. The summed E-state index contributed by atoms with van der Waals surface area (Å²) in [6.45, 7) is 4.03. The van der Waals surface area contributed by atoms with Gasteiger partial charge in [-0.3, -0.25) is 4.79 Å². The van der Waals surface area contributed by atoms with Crippen molar-refractivity contribution in [1.29, 1.82) is 0 Å². The summed E-state index contributed by atoms with van der Waals surface area (Å²) >= 11 is 9.73. The van der Waals surface area contributed by atoms with Crippen molar-refractivity contribution in [2.24, 2.45) is 5.10 Å². The van der Waals surface area contributed by atoms with E-state index in [2.05, 4.69) is 21.0 Å². The lowest BCUT2D eigenvalue weighted by Crippen LogP contribution is -2.23. The number of furan rings is 1. The van der Waals surface area contributed by atoms with Gasteiger partial charge in [-0.15, -0.1) is 0 Å². The second kappa shape index (κ2) is 9.95. The molecule has 1 atom stereocenters. The Kier molecular flexibility index (Phi) is 7.00. The molecule has 9 heteroatoms. The number of rotatable bonds is 6. The number of hydrogen-bond acceptors (Lipinski definition) is 6. The number of esters is 1. The Labute approximate surface area is 209 Å². The van der Waals surface area contributed by atoms with Gasteiger partial charge >= 0.3 is 5.97 Å². The zero-order valence-corrected chi connectivity index (χ0v) is 21.1. The van der Waals surface area contributed by atoms with Crippen LogP contribution < -0.4 is 5.56 Å². The van der Waals surface area contributed by atoms with E-state index in [0.717, 1.165) is 10.9 Å². The quantitative estimate of drug-likeness (QED) is 0.212. The van der Waals surface area contributed by atoms with Crippen LogP contribution in [0.4, 0.5) is 0 Å². The smallest absolute Gasteiger partial charge is 0.337 e. The molecule has 2 aromatic carbocycles.